The highest BCUT2D eigenvalue weighted by Crippen LogP contribution is 2.32. The number of hydrogen-bond donors (Lipinski definition) is 2. The molecule has 3 aromatic rings. The molecule has 1 aliphatic rings. The van der Waals surface area contributed by atoms with Gasteiger partial charge in [0.2, 0.25) is 0 Å². The summed E-state index contributed by atoms with van der Waals surface area (Å²) in [7, 11) is 0. The molecule has 1 saturated heterocycles. The molecule has 150 valence electrons. The molecule has 1 atom stereocenters. The Morgan fingerprint density at radius 3 is 2.48 bits per heavy atom. The van der Waals surface area contributed by atoms with Gasteiger partial charge in [-0.25, -0.2) is 0 Å². The maximum atomic E-state index is 12.2. The lowest BCUT2D eigenvalue weighted by Crippen LogP contribution is -2.49. The molecular formula is C24H27N3O2. The van der Waals surface area contributed by atoms with Gasteiger partial charge >= 0.3 is 5.97 Å². The maximum Gasteiger partial charge on any atom is 0.325 e. The first-order valence-electron chi connectivity index (χ1n) is 10.1. The molecule has 2 aromatic carbocycles. The Morgan fingerprint density at radius 1 is 1.07 bits per heavy atom. The zero-order valence-corrected chi connectivity index (χ0v) is 16.7. The van der Waals surface area contributed by atoms with Gasteiger partial charge in [-0.05, 0) is 18.6 Å². The van der Waals surface area contributed by atoms with Gasteiger partial charge in [-0.1, -0.05) is 60.7 Å². The van der Waals surface area contributed by atoms with Crippen LogP contribution in [0.5, 0.6) is 0 Å². The molecule has 0 saturated carbocycles. The van der Waals surface area contributed by atoms with Crippen molar-refractivity contribution in [3.05, 3.63) is 77.5 Å². The number of carboxylic acids is 1. The van der Waals surface area contributed by atoms with E-state index in [9.17, 15) is 9.90 Å². The van der Waals surface area contributed by atoms with Gasteiger partial charge in [-0.15, -0.1) is 0 Å². The van der Waals surface area contributed by atoms with E-state index in [1.807, 2.05) is 49.4 Å². The number of rotatable bonds is 6. The molecular weight excluding hydrogens is 362 g/mol. The molecule has 4 rings (SSSR count). The molecule has 0 aliphatic carbocycles. The summed E-state index contributed by atoms with van der Waals surface area (Å²) in [5.41, 5.74) is 4.03. The first kappa shape index (κ1) is 19.4. The number of nitrogens with one attached hydrogen (secondary N) is 1. The number of carbonyl (C=O) groups is 1. The highest BCUT2D eigenvalue weighted by molar-refractivity contribution is 5.90. The third kappa shape index (κ3) is 4.26. The molecule has 1 aliphatic heterocycles. The highest BCUT2D eigenvalue weighted by Gasteiger charge is 2.33. The lowest BCUT2D eigenvalue weighted by molar-refractivity contribution is -0.144. The molecule has 0 spiro atoms. The first-order valence-corrected chi connectivity index (χ1v) is 10.1. The highest BCUT2D eigenvalue weighted by atomic mass is 16.4. The Bertz CT molecular complexity index is 1000. The summed E-state index contributed by atoms with van der Waals surface area (Å²) >= 11 is 0. The maximum absolute atomic E-state index is 12.2. The number of H-pyrrole nitrogens is 1. The average molecular weight is 389 g/mol. The van der Waals surface area contributed by atoms with Crippen LogP contribution < -0.4 is 0 Å². The topological polar surface area (TPSA) is 59.6 Å². The molecule has 0 amide bonds. The average Bonchev–Trinajstić information content (AvgIpc) is 3.06. The summed E-state index contributed by atoms with van der Waals surface area (Å²) in [6, 6.07) is 17.6. The Kier molecular flexibility index (Phi) is 5.79. The normalized spacial score (nSPS) is 17.1. The van der Waals surface area contributed by atoms with Crippen LogP contribution >= 0.6 is 0 Å². The van der Waals surface area contributed by atoms with Crippen molar-refractivity contribution in [2.75, 3.05) is 32.7 Å². The Labute approximate surface area is 171 Å². The lowest BCUT2D eigenvalue weighted by Gasteiger charge is -2.37. The monoisotopic (exact) mass is 389 g/mol. The minimum Gasteiger partial charge on any atom is -0.480 e. The molecule has 2 N–H and O–H groups in total. The number of carboxylic acid groups (broad SMARTS) is 1. The fourth-order valence-corrected chi connectivity index (χ4v) is 4.22. The summed E-state index contributed by atoms with van der Waals surface area (Å²) in [6.07, 6.45) is 4.32. The number of aryl methyl sites for hydroxylation is 1. The number of para-hydroxylation sites is 1. The van der Waals surface area contributed by atoms with Crippen molar-refractivity contribution in [1.82, 2.24) is 14.8 Å². The smallest absolute Gasteiger partial charge is 0.325 e. The predicted molar refractivity (Wildman–Crippen MR) is 117 cm³/mol. The zero-order valence-electron chi connectivity index (χ0n) is 16.7. The van der Waals surface area contributed by atoms with Crippen molar-refractivity contribution in [3.63, 3.8) is 0 Å². The van der Waals surface area contributed by atoms with Gasteiger partial charge in [0.1, 0.15) is 6.04 Å². The molecule has 2 heterocycles. The van der Waals surface area contributed by atoms with Crippen LogP contribution in [-0.2, 0) is 4.79 Å². The number of hydrogen-bond acceptors (Lipinski definition) is 3. The second-order valence-electron chi connectivity index (χ2n) is 7.60. The molecule has 1 aromatic heterocycles. The van der Waals surface area contributed by atoms with Gasteiger partial charge in [0.05, 0.1) is 0 Å². The SMILES string of the molecule is Cc1[nH]c2ccccc2c1[C@@H](C(=O)O)N1CCN(C/C=C/c2ccccc2)CC1. The molecule has 0 unspecified atom stereocenters. The molecule has 5 heteroatoms. The molecule has 29 heavy (non-hydrogen) atoms. The van der Waals surface area contributed by atoms with Crippen molar-refractivity contribution >= 4 is 22.9 Å². The van der Waals surface area contributed by atoms with E-state index in [4.69, 9.17) is 0 Å². The van der Waals surface area contributed by atoms with E-state index in [0.717, 1.165) is 54.9 Å². The molecule has 5 nitrogen and oxygen atoms in total. The van der Waals surface area contributed by atoms with E-state index in [1.54, 1.807) is 0 Å². The predicted octanol–water partition coefficient (Wildman–Crippen LogP) is 3.93. The summed E-state index contributed by atoms with van der Waals surface area (Å²) in [6.45, 7) is 6.07. The number of benzene rings is 2. The van der Waals surface area contributed by atoms with Crippen LogP contribution in [0.2, 0.25) is 0 Å². The third-order valence-corrected chi connectivity index (χ3v) is 5.70. The number of nitrogens with zero attached hydrogens (tertiary/aromatic N) is 2. The summed E-state index contributed by atoms with van der Waals surface area (Å²) in [4.78, 5) is 20.0. The second-order valence-corrected chi connectivity index (χ2v) is 7.60. The standard InChI is InChI=1S/C24H27N3O2/c1-18-22(20-11-5-6-12-21(20)25-18)23(24(28)29)27-16-14-26(15-17-27)13-7-10-19-8-3-2-4-9-19/h2-12,23,25H,13-17H2,1H3,(H,28,29)/b10-7+/t23-/m0/s1. The van der Waals surface area contributed by atoms with E-state index in [0.29, 0.717) is 0 Å². The Balaban J connectivity index is 1.44. The third-order valence-electron chi connectivity index (χ3n) is 5.70. The molecule has 1 fully saturated rings. The van der Waals surface area contributed by atoms with E-state index < -0.39 is 12.0 Å². The van der Waals surface area contributed by atoms with Gasteiger partial charge in [-0.3, -0.25) is 14.6 Å². The van der Waals surface area contributed by atoms with E-state index in [2.05, 4.69) is 39.1 Å². The van der Waals surface area contributed by atoms with Crippen LogP contribution in [0.4, 0.5) is 0 Å². The summed E-state index contributed by atoms with van der Waals surface area (Å²) in [5.74, 6) is -0.782. The minimum atomic E-state index is -0.782. The largest absolute Gasteiger partial charge is 0.480 e. The zero-order chi connectivity index (χ0) is 20.2. The number of aromatic amines is 1. The fraction of sp³-hybridized carbons (Fsp3) is 0.292. The molecule has 0 bridgehead atoms. The Morgan fingerprint density at radius 2 is 1.76 bits per heavy atom. The van der Waals surface area contributed by atoms with E-state index in [1.165, 1.54) is 5.56 Å². The number of aliphatic carboxylic acids is 1. The van der Waals surface area contributed by atoms with Crippen LogP contribution in [0.3, 0.4) is 0 Å². The first-order chi connectivity index (χ1) is 14.1. The van der Waals surface area contributed by atoms with Crippen molar-refractivity contribution in [2.24, 2.45) is 0 Å². The van der Waals surface area contributed by atoms with Crippen LogP contribution in [0, 0.1) is 6.92 Å². The van der Waals surface area contributed by atoms with Crippen LogP contribution in [0.25, 0.3) is 17.0 Å². The van der Waals surface area contributed by atoms with Crippen molar-refractivity contribution in [3.8, 4) is 0 Å². The summed E-state index contributed by atoms with van der Waals surface area (Å²) in [5, 5.41) is 11.0. The quantitative estimate of drug-likeness (QED) is 0.671. The summed E-state index contributed by atoms with van der Waals surface area (Å²) < 4.78 is 0. The fourth-order valence-electron chi connectivity index (χ4n) is 4.22. The number of piperazine rings is 1. The van der Waals surface area contributed by atoms with Gasteiger partial charge in [0.25, 0.3) is 0 Å². The van der Waals surface area contributed by atoms with Crippen LogP contribution in [0.15, 0.2) is 60.7 Å². The number of fused-ring (bicyclic) bond motifs is 1. The second kappa shape index (κ2) is 8.64. The Hall–Kier alpha value is -2.89. The van der Waals surface area contributed by atoms with Gasteiger partial charge in [0, 0.05) is 54.9 Å². The van der Waals surface area contributed by atoms with Crippen LogP contribution in [0.1, 0.15) is 22.9 Å². The van der Waals surface area contributed by atoms with E-state index in [-0.39, 0.29) is 0 Å². The van der Waals surface area contributed by atoms with Gasteiger partial charge < -0.3 is 10.1 Å². The lowest BCUT2D eigenvalue weighted by atomic mass is 10.0. The van der Waals surface area contributed by atoms with Crippen LogP contribution in [-0.4, -0.2) is 58.6 Å². The van der Waals surface area contributed by atoms with E-state index >= 15 is 0 Å². The van der Waals surface area contributed by atoms with Gasteiger partial charge in [0.15, 0.2) is 0 Å². The van der Waals surface area contributed by atoms with Crippen molar-refractivity contribution < 1.29 is 9.90 Å². The van der Waals surface area contributed by atoms with Gasteiger partial charge in [-0.2, -0.15) is 0 Å². The molecule has 0 radical (unpaired) electrons. The number of aromatic nitrogens is 1. The van der Waals surface area contributed by atoms with Crippen molar-refractivity contribution in [1.29, 1.82) is 0 Å². The van der Waals surface area contributed by atoms with Crippen molar-refractivity contribution in [2.45, 2.75) is 13.0 Å². The minimum absolute atomic E-state index is 0.617.